The molecular formula is C23H21N3O4. The lowest BCUT2D eigenvalue weighted by Gasteiger charge is -2.32. The third-order valence-corrected chi connectivity index (χ3v) is 4.77. The van der Waals surface area contributed by atoms with Gasteiger partial charge in [-0.1, -0.05) is 30.3 Å². The van der Waals surface area contributed by atoms with Gasteiger partial charge in [0.1, 0.15) is 0 Å². The quantitative estimate of drug-likeness (QED) is 0.772. The number of benzene rings is 2. The minimum Gasteiger partial charge on any atom is -0.452 e. The largest absolute Gasteiger partial charge is 0.452 e. The SMILES string of the molecule is CC(=O)N1C=Cc2ccccc2[C@H]1CC(=O)O[C@@H](C)C(=O)Nc1cccc(C#N)c1. The number of anilines is 1. The summed E-state index contributed by atoms with van der Waals surface area (Å²) in [5.41, 5.74) is 2.62. The van der Waals surface area contributed by atoms with Crippen LogP contribution in [-0.2, 0) is 19.1 Å². The van der Waals surface area contributed by atoms with Gasteiger partial charge in [0, 0.05) is 18.8 Å². The van der Waals surface area contributed by atoms with E-state index < -0.39 is 24.0 Å². The standard InChI is InChI=1S/C23H21N3O4/c1-15(23(29)25-19-8-5-6-17(12-19)14-24)30-22(28)13-21-20-9-4-3-7-18(20)10-11-26(21)16(2)27/h3-12,15,21H,13H2,1-2H3,(H,25,29)/t15-,21+/m0/s1. The fourth-order valence-corrected chi connectivity index (χ4v) is 3.28. The molecule has 1 N–H and O–H groups in total. The normalized spacial score (nSPS) is 15.5. The van der Waals surface area contributed by atoms with E-state index in [1.54, 1.807) is 24.4 Å². The molecule has 3 rings (SSSR count). The van der Waals surface area contributed by atoms with Crippen LogP contribution in [0.1, 0.15) is 43.0 Å². The van der Waals surface area contributed by atoms with Crippen LogP contribution in [0.2, 0.25) is 0 Å². The average Bonchev–Trinajstić information content (AvgIpc) is 2.73. The van der Waals surface area contributed by atoms with Gasteiger partial charge < -0.3 is 15.0 Å². The summed E-state index contributed by atoms with van der Waals surface area (Å²) in [6.07, 6.45) is 2.36. The Hall–Kier alpha value is -3.92. The minimum atomic E-state index is -1.04. The Balaban J connectivity index is 1.66. The molecule has 7 nitrogen and oxygen atoms in total. The summed E-state index contributed by atoms with van der Waals surface area (Å²) < 4.78 is 5.31. The van der Waals surface area contributed by atoms with Crippen molar-refractivity contribution in [2.24, 2.45) is 0 Å². The summed E-state index contributed by atoms with van der Waals surface area (Å²) in [5, 5.41) is 11.6. The highest BCUT2D eigenvalue weighted by atomic mass is 16.5. The van der Waals surface area contributed by atoms with E-state index in [0.29, 0.717) is 11.3 Å². The van der Waals surface area contributed by atoms with Crippen molar-refractivity contribution in [3.63, 3.8) is 0 Å². The number of hydrogen-bond donors (Lipinski definition) is 1. The number of ether oxygens (including phenoxy) is 1. The van der Waals surface area contributed by atoms with Crippen molar-refractivity contribution in [1.82, 2.24) is 4.90 Å². The van der Waals surface area contributed by atoms with Gasteiger partial charge in [-0.15, -0.1) is 0 Å². The fraction of sp³-hybridized carbons (Fsp3) is 0.217. The van der Waals surface area contributed by atoms with Gasteiger partial charge in [0.05, 0.1) is 24.1 Å². The maximum absolute atomic E-state index is 12.5. The summed E-state index contributed by atoms with van der Waals surface area (Å²) in [5.74, 6) is -1.29. The molecule has 0 saturated heterocycles. The van der Waals surface area contributed by atoms with Crippen LogP contribution < -0.4 is 5.32 Å². The van der Waals surface area contributed by atoms with E-state index in [0.717, 1.165) is 11.1 Å². The van der Waals surface area contributed by atoms with Crippen LogP contribution in [-0.4, -0.2) is 28.8 Å². The van der Waals surface area contributed by atoms with Crippen molar-refractivity contribution in [3.8, 4) is 6.07 Å². The second-order valence-electron chi connectivity index (χ2n) is 6.90. The van der Waals surface area contributed by atoms with Gasteiger partial charge in [0.25, 0.3) is 5.91 Å². The molecular weight excluding hydrogens is 382 g/mol. The molecule has 2 atom stereocenters. The predicted molar refractivity (Wildman–Crippen MR) is 111 cm³/mol. The van der Waals surface area contributed by atoms with Gasteiger partial charge >= 0.3 is 5.97 Å². The van der Waals surface area contributed by atoms with Gasteiger partial charge in [0.2, 0.25) is 5.91 Å². The first-order chi connectivity index (χ1) is 14.4. The summed E-state index contributed by atoms with van der Waals surface area (Å²) in [4.78, 5) is 38.4. The number of hydrogen-bond acceptors (Lipinski definition) is 5. The average molecular weight is 403 g/mol. The number of nitrogens with one attached hydrogen (secondary N) is 1. The Bertz CT molecular complexity index is 1050. The molecule has 2 amide bonds. The highest BCUT2D eigenvalue weighted by molar-refractivity contribution is 5.95. The van der Waals surface area contributed by atoms with Gasteiger partial charge in [-0.3, -0.25) is 14.4 Å². The Labute approximate surface area is 174 Å². The molecule has 0 radical (unpaired) electrons. The number of esters is 1. The van der Waals surface area contributed by atoms with Gasteiger partial charge in [0.15, 0.2) is 6.10 Å². The summed E-state index contributed by atoms with van der Waals surface area (Å²) in [6, 6.07) is 15.4. The number of carbonyl (C=O) groups is 3. The molecule has 30 heavy (non-hydrogen) atoms. The van der Waals surface area contributed by atoms with E-state index in [9.17, 15) is 14.4 Å². The van der Waals surface area contributed by atoms with Crippen molar-refractivity contribution in [3.05, 3.63) is 71.4 Å². The highest BCUT2D eigenvalue weighted by Crippen LogP contribution is 2.33. The monoisotopic (exact) mass is 403 g/mol. The summed E-state index contributed by atoms with van der Waals surface area (Å²) in [6.45, 7) is 2.90. The van der Waals surface area contributed by atoms with Gasteiger partial charge in [-0.25, -0.2) is 0 Å². The molecule has 7 heteroatoms. The summed E-state index contributed by atoms with van der Waals surface area (Å²) >= 11 is 0. The van der Waals surface area contributed by atoms with Crippen LogP contribution in [0, 0.1) is 11.3 Å². The first kappa shape index (κ1) is 20.8. The van der Waals surface area contributed by atoms with Crippen LogP contribution in [0.4, 0.5) is 5.69 Å². The zero-order valence-electron chi connectivity index (χ0n) is 16.7. The number of nitrogens with zero attached hydrogens (tertiary/aromatic N) is 2. The second kappa shape index (κ2) is 9.05. The van der Waals surface area contributed by atoms with Gasteiger partial charge in [-0.2, -0.15) is 5.26 Å². The molecule has 0 bridgehead atoms. The lowest BCUT2D eigenvalue weighted by Crippen LogP contribution is -2.35. The van der Waals surface area contributed by atoms with Crippen LogP contribution in [0.25, 0.3) is 6.08 Å². The van der Waals surface area contributed by atoms with Crippen LogP contribution in [0.15, 0.2) is 54.7 Å². The summed E-state index contributed by atoms with van der Waals surface area (Å²) in [7, 11) is 0. The topological polar surface area (TPSA) is 99.5 Å². The molecule has 0 aliphatic carbocycles. The Morgan fingerprint density at radius 3 is 2.70 bits per heavy atom. The minimum absolute atomic E-state index is 0.0809. The second-order valence-corrected chi connectivity index (χ2v) is 6.90. The maximum Gasteiger partial charge on any atom is 0.309 e. The highest BCUT2D eigenvalue weighted by Gasteiger charge is 2.30. The Morgan fingerprint density at radius 1 is 1.20 bits per heavy atom. The third-order valence-electron chi connectivity index (χ3n) is 4.77. The Morgan fingerprint density at radius 2 is 1.97 bits per heavy atom. The molecule has 1 aliphatic rings. The third kappa shape index (κ3) is 4.73. The zero-order chi connectivity index (χ0) is 21.7. The molecule has 0 saturated carbocycles. The van der Waals surface area contributed by atoms with Crippen LogP contribution in [0.5, 0.6) is 0 Å². The molecule has 0 spiro atoms. The number of nitriles is 1. The van der Waals surface area contributed by atoms with E-state index >= 15 is 0 Å². The lowest BCUT2D eigenvalue weighted by molar-refractivity contribution is -0.154. The van der Waals surface area contributed by atoms with E-state index in [4.69, 9.17) is 10.00 Å². The van der Waals surface area contributed by atoms with Crippen LogP contribution in [0.3, 0.4) is 0 Å². The molecule has 0 aromatic heterocycles. The van der Waals surface area contributed by atoms with Crippen molar-refractivity contribution in [2.45, 2.75) is 32.4 Å². The molecule has 1 aliphatic heterocycles. The number of amides is 2. The van der Waals surface area contributed by atoms with Crippen molar-refractivity contribution in [1.29, 1.82) is 5.26 Å². The van der Waals surface area contributed by atoms with Crippen molar-refractivity contribution in [2.75, 3.05) is 5.32 Å². The molecule has 0 fully saturated rings. The number of carbonyl (C=O) groups excluding carboxylic acids is 3. The van der Waals surface area contributed by atoms with E-state index in [2.05, 4.69) is 5.32 Å². The predicted octanol–water partition coefficient (Wildman–Crippen LogP) is 3.39. The fourth-order valence-electron chi connectivity index (χ4n) is 3.28. The molecule has 2 aromatic rings. The van der Waals surface area contributed by atoms with E-state index in [1.165, 1.54) is 24.8 Å². The van der Waals surface area contributed by atoms with Gasteiger partial charge in [-0.05, 0) is 42.3 Å². The first-order valence-electron chi connectivity index (χ1n) is 9.45. The molecule has 1 heterocycles. The lowest BCUT2D eigenvalue weighted by atomic mass is 9.94. The van der Waals surface area contributed by atoms with Crippen molar-refractivity contribution < 1.29 is 19.1 Å². The maximum atomic E-state index is 12.5. The Kier molecular flexibility index (Phi) is 6.28. The molecule has 0 unspecified atom stereocenters. The zero-order valence-corrected chi connectivity index (χ0v) is 16.7. The smallest absolute Gasteiger partial charge is 0.309 e. The van der Waals surface area contributed by atoms with E-state index in [-0.39, 0.29) is 12.3 Å². The molecule has 152 valence electrons. The first-order valence-corrected chi connectivity index (χ1v) is 9.45. The number of fused-ring (bicyclic) bond motifs is 1. The van der Waals surface area contributed by atoms with Crippen LogP contribution >= 0.6 is 0 Å². The van der Waals surface area contributed by atoms with E-state index in [1.807, 2.05) is 36.4 Å². The molecule has 2 aromatic carbocycles. The van der Waals surface area contributed by atoms with Crippen molar-refractivity contribution >= 4 is 29.5 Å². The number of rotatable bonds is 5.